The monoisotopic (exact) mass is 298 g/mol. The molecule has 4 saturated carbocycles. The third kappa shape index (κ3) is 2.31. The topological polar surface area (TPSA) is 72.2 Å². The van der Waals surface area contributed by atoms with Crippen LogP contribution in [0.1, 0.15) is 59.2 Å². The van der Waals surface area contributed by atoms with Gasteiger partial charge in [0.15, 0.2) is 0 Å². The van der Waals surface area contributed by atoms with Crippen molar-refractivity contribution >= 4 is 11.8 Å². The second-order valence-corrected chi connectivity index (χ2v) is 7.59. The van der Waals surface area contributed by atoms with Crippen LogP contribution in [0.3, 0.4) is 0 Å². The number of hydrogen-bond donors (Lipinski definition) is 2. The second kappa shape index (κ2) is 4.83. The molecule has 4 aliphatic rings. The molecule has 0 aliphatic heterocycles. The van der Waals surface area contributed by atoms with Crippen molar-refractivity contribution in [2.24, 2.45) is 23.5 Å². The van der Waals surface area contributed by atoms with Gasteiger partial charge < -0.3 is 11.1 Å². The van der Waals surface area contributed by atoms with Gasteiger partial charge in [-0.05, 0) is 80.5 Å². The van der Waals surface area contributed by atoms with Crippen LogP contribution in [0.25, 0.3) is 0 Å². The lowest BCUT2D eigenvalue weighted by Gasteiger charge is -2.56. The molecule has 0 spiro atoms. The lowest BCUT2D eigenvalue weighted by Crippen LogP contribution is -2.59. The highest BCUT2D eigenvalue weighted by molar-refractivity contribution is 5.97. The Kier molecular flexibility index (Phi) is 3.03. The average Bonchev–Trinajstić information content (AvgIpc) is 2.45. The SMILES string of the molecule is NC(=O)c1ccc(C(=O)NC23CC4CC(CC(C4)C2)C3)cc1. The Hall–Kier alpha value is -1.84. The third-order valence-electron chi connectivity index (χ3n) is 5.85. The Bertz CT molecular complexity index is 585. The van der Waals surface area contributed by atoms with Gasteiger partial charge in [0.2, 0.25) is 5.91 Å². The fraction of sp³-hybridized carbons (Fsp3) is 0.556. The van der Waals surface area contributed by atoms with Crippen molar-refractivity contribution < 1.29 is 9.59 Å². The molecule has 3 N–H and O–H groups in total. The summed E-state index contributed by atoms with van der Waals surface area (Å²) < 4.78 is 0. The summed E-state index contributed by atoms with van der Waals surface area (Å²) in [6.45, 7) is 0. The van der Waals surface area contributed by atoms with Crippen molar-refractivity contribution in [3.63, 3.8) is 0 Å². The first-order chi connectivity index (χ1) is 10.5. The van der Waals surface area contributed by atoms with E-state index in [0.29, 0.717) is 11.1 Å². The molecule has 5 rings (SSSR count). The van der Waals surface area contributed by atoms with Crippen LogP contribution in [-0.2, 0) is 0 Å². The van der Waals surface area contributed by atoms with Gasteiger partial charge in [0, 0.05) is 16.7 Å². The fourth-order valence-electron chi connectivity index (χ4n) is 5.36. The van der Waals surface area contributed by atoms with E-state index in [1.807, 2.05) is 0 Å². The van der Waals surface area contributed by atoms with Gasteiger partial charge in [-0.1, -0.05) is 0 Å². The predicted octanol–water partition coefficient (Wildman–Crippen LogP) is 2.48. The number of amides is 2. The van der Waals surface area contributed by atoms with Crippen LogP contribution in [0.4, 0.5) is 0 Å². The molecular weight excluding hydrogens is 276 g/mol. The molecule has 1 aromatic rings. The minimum absolute atomic E-state index is 0.0158. The van der Waals surface area contributed by atoms with Gasteiger partial charge in [-0.2, -0.15) is 0 Å². The lowest BCUT2D eigenvalue weighted by molar-refractivity contribution is -0.0167. The second-order valence-electron chi connectivity index (χ2n) is 7.59. The van der Waals surface area contributed by atoms with Gasteiger partial charge in [0.1, 0.15) is 0 Å². The van der Waals surface area contributed by atoms with E-state index >= 15 is 0 Å². The van der Waals surface area contributed by atoms with Gasteiger partial charge in [-0.3, -0.25) is 9.59 Å². The van der Waals surface area contributed by atoms with Crippen molar-refractivity contribution in [1.82, 2.24) is 5.32 Å². The molecule has 4 bridgehead atoms. The number of carbonyl (C=O) groups excluding carboxylic acids is 2. The largest absolute Gasteiger partial charge is 0.366 e. The summed E-state index contributed by atoms with van der Waals surface area (Å²) in [6, 6.07) is 6.62. The van der Waals surface area contributed by atoms with Crippen LogP contribution in [0.15, 0.2) is 24.3 Å². The van der Waals surface area contributed by atoms with Crippen LogP contribution in [0, 0.1) is 17.8 Å². The van der Waals surface area contributed by atoms with Crippen molar-refractivity contribution in [2.45, 2.75) is 44.1 Å². The zero-order valence-corrected chi connectivity index (χ0v) is 12.7. The smallest absolute Gasteiger partial charge is 0.251 e. The maximum atomic E-state index is 12.6. The number of nitrogens with one attached hydrogen (secondary N) is 1. The molecule has 0 aromatic heterocycles. The van der Waals surface area contributed by atoms with Crippen molar-refractivity contribution in [3.8, 4) is 0 Å². The molecule has 22 heavy (non-hydrogen) atoms. The number of carbonyl (C=O) groups is 2. The van der Waals surface area contributed by atoms with Gasteiger partial charge in [-0.15, -0.1) is 0 Å². The molecule has 0 heterocycles. The molecule has 4 nitrogen and oxygen atoms in total. The maximum Gasteiger partial charge on any atom is 0.251 e. The summed E-state index contributed by atoms with van der Waals surface area (Å²) in [5.74, 6) is 1.95. The third-order valence-corrected chi connectivity index (χ3v) is 5.85. The lowest BCUT2D eigenvalue weighted by atomic mass is 9.53. The molecular formula is C18H22N2O2. The average molecular weight is 298 g/mol. The highest BCUT2D eigenvalue weighted by atomic mass is 16.2. The number of nitrogens with two attached hydrogens (primary N) is 1. The van der Waals surface area contributed by atoms with E-state index in [9.17, 15) is 9.59 Å². The Balaban J connectivity index is 1.51. The van der Waals surface area contributed by atoms with Crippen LogP contribution >= 0.6 is 0 Å². The molecule has 0 atom stereocenters. The fourth-order valence-corrected chi connectivity index (χ4v) is 5.36. The molecule has 4 aliphatic carbocycles. The Morgan fingerprint density at radius 2 is 1.36 bits per heavy atom. The summed E-state index contributed by atoms with van der Waals surface area (Å²) in [5.41, 5.74) is 6.31. The van der Waals surface area contributed by atoms with Gasteiger partial charge >= 0.3 is 0 Å². The van der Waals surface area contributed by atoms with Crippen LogP contribution in [0.5, 0.6) is 0 Å². The normalized spacial score (nSPS) is 35.4. The molecule has 1 aromatic carbocycles. The highest BCUT2D eigenvalue weighted by Crippen LogP contribution is 2.55. The Morgan fingerprint density at radius 3 is 1.82 bits per heavy atom. The van der Waals surface area contributed by atoms with Crippen molar-refractivity contribution in [1.29, 1.82) is 0 Å². The van der Waals surface area contributed by atoms with Gasteiger partial charge in [0.25, 0.3) is 5.91 Å². The molecule has 0 radical (unpaired) electrons. The maximum absolute atomic E-state index is 12.6. The number of benzene rings is 1. The van der Waals surface area contributed by atoms with Crippen molar-refractivity contribution in [2.75, 3.05) is 0 Å². The number of rotatable bonds is 3. The van der Waals surface area contributed by atoms with E-state index in [2.05, 4.69) is 5.32 Å². The first-order valence-corrected chi connectivity index (χ1v) is 8.25. The quantitative estimate of drug-likeness (QED) is 0.900. The van der Waals surface area contributed by atoms with E-state index < -0.39 is 5.91 Å². The number of hydrogen-bond acceptors (Lipinski definition) is 2. The minimum Gasteiger partial charge on any atom is -0.366 e. The van der Waals surface area contributed by atoms with Crippen LogP contribution in [0.2, 0.25) is 0 Å². The first-order valence-electron chi connectivity index (χ1n) is 8.25. The summed E-state index contributed by atoms with van der Waals surface area (Å²) in [7, 11) is 0. The Morgan fingerprint density at radius 1 is 0.909 bits per heavy atom. The predicted molar refractivity (Wildman–Crippen MR) is 83.3 cm³/mol. The zero-order valence-electron chi connectivity index (χ0n) is 12.7. The van der Waals surface area contributed by atoms with Crippen molar-refractivity contribution in [3.05, 3.63) is 35.4 Å². The molecule has 4 fully saturated rings. The molecule has 4 heteroatoms. The summed E-state index contributed by atoms with van der Waals surface area (Å²) >= 11 is 0. The van der Waals surface area contributed by atoms with Gasteiger partial charge in [0.05, 0.1) is 0 Å². The first kappa shape index (κ1) is 13.8. The summed E-state index contributed by atoms with van der Waals surface area (Å²) in [5, 5.41) is 3.33. The van der Waals surface area contributed by atoms with E-state index in [-0.39, 0.29) is 11.4 Å². The minimum atomic E-state index is -0.465. The van der Waals surface area contributed by atoms with E-state index in [0.717, 1.165) is 37.0 Å². The summed E-state index contributed by atoms with van der Waals surface area (Å²) in [4.78, 5) is 23.7. The van der Waals surface area contributed by atoms with E-state index in [1.165, 1.54) is 19.3 Å². The van der Waals surface area contributed by atoms with E-state index in [4.69, 9.17) is 5.73 Å². The summed E-state index contributed by atoms with van der Waals surface area (Å²) in [6.07, 6.45) is 7.52. The van der Waals surface area contributed by atoms with Crippen LogP contribution in [-0.4, -0.2) is 17.4 Å². The highest BCUT2D eigenvalue weighted by Gasteiger charge is 2.51. The zero-order chi connectivity index (χ0) is 15.3. The number of primary amides is 1. The molecule has 0 saturated heterocycles. The molecule has 116 valence electrons. The van der Waals surface area contributed by atoms with Crippen LogP contribution < -0.4 is 11.1 Å². The van der Waals surface area contributed by atoms with E-state index in [1.54, 1.807) is 24.3 Å². The Labute approximate surface area is 130 Å². The molecule has 2 amide bonds. The molecule has 0 unspecified atom stereocenters. The standard InChI is InChI=1S/C18H22N2O2/c19-16(21)14-1-3-15(4-2-14)17(22)20-18-8-11-5-12(9-18)7-13(6-11)10-18/h1-4,11-13H,5-10H2,(H2,19,21)(H,20,22). The van der Waals surface area contributed by atoms with Gasteiger partial charge in [-0.25, -0.2) is 0 Å².